The van der Waals surface area contributed by atoms with Gasteiger partial charge in [0.25, 0.3) is 0 Å². The molecule has 0 bridgehead atoms. The zero-order valence-electron chi connectivity index (χ0n) is 14.8. The van der Waals surface area contributed by atoms with Crippen LogP contribution in [0.2, 0.25) is 0 Å². The molecule has 0 fully saturated rings. The second-order valence-electron chi connectivity index (χ2n) is 6.40. The molecule has 6 heteroatoms. The van der Waals surface area contributed by atoms with Crippen LogP contribution in [0.4, 0.5) is 0 Å². The van der Waals surface area contributed by atoms with Crippen molar-refractivity contribution in [3.8, 4) is 11.5 Å². The summed E-state index contributed by atoms with van der Waals surface area (Å²) in [5, 5.41) is 19.1. The fourth-order valence-corrected chi connectivity index (χ4v) is 2.84. The minimum atomic E-state index is -1.26. The summed E-state index contributed by atoms with van der Waals surface area (Å²) in [6, 6.07) is 1.12. The van der Waals surface area contributed by atoms with Gasteiger partial charge in [0.05, 0.1) is 0 Å². The third-order valence-corrected chi connectivity index (χ3v) is 4.95. The first-order valence-corrected chi connectivity index (χ1v) is 7.70. The number of ether oxygens (including phenoxy) is 1. The Bertz CT molecular complexity index is 835. The topological polar surface area (TPSA) is 101 Å². The van der Waals surface area contributed by atoms with Gasteiger partial charge in [0.1, 0.15) is 22.5 Å². The van der Waals surface area contributed by atoms with Crippen molar-refractivity contribution < 1.29 is 29.3 Å². The maximum Gasteiger partial charge on any atom is 0.339 e. The molecule has 0 amide bonds. The number of hydrogen-bond donors (Lipinski definition) is 2. The number of benzene rings is 1. The van der Waals surface area contributed by atoms with Crippen LogP contribution in [0.1, 0.15) is 42.3 Å². The first-order chi connectivity index (χ1) is 11.5. The monoisotopic (exact) mass is 344 g/mol. The van der Waals surface area contributed by atoms with Crippen molar-refractivity contribution in [2.45, 2.75) is 34.6 Å². The first kappa shape index (κ1) is 18.4. The zero-order chi connectivity index (χ0) is 19.1. The molecule has 132 valence electrons. The fourth-order valence-electron chi connectivity index (χ4n) is 2.84. The van der Waals surface area contributed by atoms with Crippen LogP contribution >= 0.6 is 0 Å². The highest BCUT2D eigenvalue weighted by atomic mass is 16.5. The van der Waals surface area contributed by atoms with Gasteiger partial charge in [0.15, 0.2) is 5.78 Å². The minimum absolute atomic E-state index is 0.0868. The molecule has 0 heterocycles. The van der Waals surface area contributed by atoms with Crippen LogP contribution in [0.25, 0.3) is 0 Å². The van der Waals surface area contributed by atoms with E-state index in [9.17, 15) is 19.5 Å². The van der Waals surface area contributed by atoms with Gasteiger partial charge >= 0.3 is 11.9 Å². The summed E-state index contributed by atoms with van der Waals surface area (Å²) in [5.74, 6) is -2.43. The Morgan fingerprint density at radius 3 is 2.04 bits per heavy atom. The molecule has 1 aromatic rings. The first-order valence-electron chi connectivity index (χ1n) is 7.70. The number of carboxylic acids is 1. The number of phenols is 1. The van der Waals surface area contributed by atoms with E-state index in [4.69, 9.17) is 9.84 Å². The molecule has 25 heavy (non-hydrogen) atoms. The summed E-state index contributed by atoms with van der Waals surface area (Å²) in [6.45, 7) is 8.17. The Kier molecular flexibility index (Phi) is 4.57. The van der Waals surface area contributed by atoms with Crippen LogP contribution in [0.3, 0.4) is 0 Å². The van der Waals surface area contributed by atoms with Crippen molar-refractivity contribution in [1.82, 2.24) is 0 Å². The van der Waals surface area contributed by atoms with Gasteiger partial charge in [-0.1, -0.05) is 0 Å². The summed E-state index contributed by atoms with van der Waals surface area (Å²) in [5.41, 5.74) is 0.557. The van der Waals surface area contributed by atoms with Gasteiger partial charge in [-0.2, -0.15) is 0 Å². The van der Waals surface area contributed by atoms with Crippen molar-refractivity contribution in [3.05, 3.63) is 46.1 Å². The summed E-state index contributed by atoms with van der Waals surface area (Å²) in [4.78, 5) is 35.6. The fraction of sp³-hybridized carbons (Fsp3) is 0.316. The standard InChI is InChI=1S/C19H20O6/c1-9-6-13(20)7-10(2)19(9,5)18(24)25-15-8-14(21)16(17(22)23)12(4)11(15)3/h6-8,21H,1-5H3,(H,22,23). The number of hydrogen-bond acceptors (Lipinski definition) is 5. The molecule has 1 aliphatic rings. The van der Waals surface area contributed by atoms with Crippen LogP contribution in [0, 0.1) is 19.3 Å². The Labute approximate surface area is 145 Å². The molecule has 0 spiro atoms. The summed E-state index contributed by atoms with van der Waals surface area (Å²) < 4.78 is 5.48. The van der Waals surface area contributed by atoms with Crippen LogP contribution in [0.15, 0.2) is 29.4 Å². The van der Waals surface area contributed by atoms with Gasteiger partial charge in [0.2, 0.25) is 0 Å². The van der Waals surface area contributed by atoms with Crippen LogP contribution < -0.4 is 4.74 Å². The van der Waals surface area contributed by atoms with Crippen molar-refractivity contribution in [2.24, 2.45) is 5.41 Å². The average molecular weight is 344 g/mol. The molecule has 0 unspecified atom stereocenters. The number of esters is 1. The molecule has 1 aromatic carbocycles. The van der Waals surface area contributed by atoms with E-state index in [-0.39, 0.29) is 17.1 Å². The van der Waals surface area contributed by atoms with Gasteiger partial charge in [-0.15, -0.1) is 0 Å². The number of allylic oxidation sites excluding steroid dienone is 2. The van der Waals surface area contributed by atoms with Crippen LogP contribution in [-0.2, 0) is 9.59 Å². The lowest BCUT2D eigenvalue weighted by Crippen LogP contribution is -2.36. The van der Waals surface area contributed by atoms with E-state index in [0.717, 1.165) is 6.07 Å². The van der Waals surface area contributed by atoms with E-state index < -0.39 is 23.1 Å². The SMILES string of the molecule is CC1=CC(=O)C=C(C)C1(C)C(=O)Oc1cc(O)c(C(=O)O)c(C)c1C. The Hall–Kier alpha value is -2.89. The molecule has 0 aromatic heterocycles. The maximum absolute atomic E-state index is 12.8. The van der Waals surface area contributed by atoms with Gasteiger partial charge in [-0.3, -0.25) is 9.59 Å². The zero-order valence-corrected chi connectivity index (χ0v) is 14.8. The van der Waals surface area contributed by atoms with Crippen molar-refractivity contribution in [3.63, 3.8) is 0 Å². The van der Waals surface area contributed by atoms with Gasteiger partial charge < -0.3 is 14.9 Å². The van der Waals surface area contributed by atoms with Crippen molar-refractivity contribution in [2.75, 3.05) is 0 Å². The maximum atomic E-state index is 12.8. The van der Waals surface area contributed by atoms with E-state index in [2.05, 4.69) is 0 Å². The van der Waals surface area contributed by atoms with Crippen molar-refractivity contribution >= 4 is 17.7 Å². The Morgan fingerprint density at radius 1 is 1.04 bits per heavy atom. The van der Waals surface area contributed by atoms with E-state index in [1.807, 2.05) is 0 Å². The lowest BCUT2D eigenvalue weighted by Gasteiger charge is -2.31. The Balaban J connectivity index is 2.46. The molecule has 6 nitrogen and oxygen atoms in total. The van der Waals surface area contributed by atoms with Gasteiger partial charge in [-0.25, -0.2) is 4.79 Å². The molecule has 0 aliphatic heterocycles. The smallest absolute Gasteiger partial charge is 0.339 e. The number of rotatable bonds is 3. The molecule has 0 radical (unpaired) electrons. The summed E-state index contributed by atoms with van der Waals surface area (Å²) >= 11 is 0. The second-order valence-corrected chi connectivity index (χ2v) is 6.40. The van der Waals surface area contributed by atoms with Crippen LogP contribution in [0.5, 0.6) is 11.5 Å². The molecule has 2 N–H and O–H groups in total. The predicted octanol–water partition coefficient (Wildman–Crippen LogP) is 3.09. The van der Waals surface area contributed by atoms with E-state index in [1.54, 1.807) is 27.7 Å². The Morgan fingerprint density at radius 2 is 1.56 bits per heavy atom. The summed E-state index contributed by atoms with van der Waals surface area (Å²) in [7, 11) is 0. The molecular formula is C19H20O6. The lowest BCUT2D eigenvalue weighted by molar-refractivity contribution is -0.141. The molecule has 0 saturated carbocycles. The number of aromatic hydroxyl groups is 1. The van der Waals surface area contributed by atoms with Crippen molar-refractivity contribution in [1.29, 1.82) is 0 Å². The second kappa shape index (κ2) is 6.20. The molecular weight excluding hydrogens is 324 g/mol. The highest BCUT2D eigenvalue weighted by Crippen LogP contribution is 2.40. The third kappa shape index (κ3) is 2.95. The number of aromatic carboxylic acids is 1. The number of carbonyl (C=O) groups is 3. The normalized spacial score (nSPS) is 16.1. The lowest BCUT2D eigenvalue weighted by atomic mass is 9.73. The van der Waals surface area contributed by atoms with Gasteiger partial charge in [0, 0.05) is 6.07 Å². The third-order valence-electron chi connectivity index (χ3n) is 4.95. The van der Waals surface area contributed by atoms with E-state index >= 15 is 0 Å². The largest absolute Gasteiger partial charge is 0.507 e. The number of carbonyl (C=O) groups excluding carboxylic acids is 2. The quantitative estimate of drug-likeness (QED) is 0.645. The highest BCUT2D eigenvalue weighted by molar-refractivity contribution is 6.04. The molecule has 0 atom stereocenters. The van der Waals surface area contributed by atoms with Crippen LogP contribution in [-0.4, -0.2) is 27.9 Å². The number of ketones is 1. The molecule has 1 aliphatic carbocycles. The van der Waals surface area contributed by atoms with E-state index in [1.165, 1.54) is 19.1 Å². The van der Waals surface area contributed by atoms with E-state index in [0.29, 0.717) is 22.3 Å². The predicted molar refractivity (Wildman–Crippen MR) is 90.8 cm³/mol. The summed E-state index contributed by atoms with van der Waals surface area (Å²) in [6.07, 6.45) is 2.77. The highest BCUT2D eigenvalue weighted by Gasteiger charge is 2.41. The van der Waals surface area contributed by atoms with Gasteiger partial charge in [-0.05, 0) is 69.0 Å². The number of carboxylic acid groups (broad SMARTS) is 1. The molecule has 0 saturated heterocycles. The average Bonchev–Trinajstić information content (AvgIpc) is 2.49. The molecule has 2 rings (SSSR count). The minimum Gasteiger partial charge on any atom is -0.507 e.